The van der Waals surface area contributed by atoms with Gasteiger partial charge in [0.25, 0.3) is 5.91 Å². The molecular weight excluding hydrogens is 478 g/mol. The van der Waals surface area contributed by atoms with Crippen molar-refractivity contribution in [1.29, 1.82) is 0 Å². The SMILES string of the molecule is CCN(CC)CCNC(=O)c1ccc(NC(=O)/C=C/c2cc(C(F)(F)F)ccc2Cl)cc1.Cl. The van der Waals surface area contributed by atoms with Gasteiger partial charge in [0.2, 0.25) is 5.91 Å². The molecule has 10 heteroatoms. The zero-order valence-electron chi connectivity index (χ0n) is 18.2. The van der Waals surface area contributed by atoms with Gasteiger partial charge in [-0.1, -0.05) is 25.4 Å². The van der Waals surface area contributed by atoms with Crippen LogP contribution in [0.2, 0.25) is 5.02 Å². The highest BCUT2D eigenvalue weighted by Crippen LogP contribution is 2.32. The summed E-state index contributed by atoms with van der Waals surface area (Å²) < 4.78 is 38.5. The number of amides is 2. The number of halogens is 5. The first-order chi connectivity index (χ1) is 15.1. The van der Waals surface area contributed by atoms with E-state index in [9.17, 15) is 22.8 Å². The fourth-order valence-electron chi connectivity index (χ4n) is 2.87. The minimum Gasteiger partial charge on any atom is -0.351 e. The first-order valence-corrected chi connectivity index (χ1v) is 10.5. The predicted octanol–water partition coefficient (Wildman–Crippen LogP) is 5.50. The number of rotatable bonds is 9. The molecule has 0 aliphatic heterocycles. The lowest BCUT2D eigenvalue weighted by Crippen LogP contribution is -2.34. The van der Waals surface area contributed by atoms with Crippen LogP contribution in [-0.2, 0) is 11.0 Å². The van der Waals surface area contributed by atoms with Gasteiger partial charge in [-0.3, -0.25) is 9.59 Å². The number of benzene rings is 2. The minimum atomic E-state index is -4.51. The molecular formula is C23H26Cl2F3N3O2. The third-order valence-corrected chi connectivity index (χ3v) is 5.10. The first-order valence-electron chi connectivity index (χ1n) is 10.1. The molecule has 2 aromatic carbocycles. The standard InChI is InChI=1S/C23H25ClF3N3O2.ClH/c1-3-30(4-2)14-13-28-22(32)16-5-9-19(10-6-16)29-21(31)12-7-17-15-18(23(25,26)27)8-11-20(17)24;/h5-12,15H,3-4,13-14H2,1-2H3,(H,28,32)(H,29,31);1H/b12-7+;. The van der Waals surface area contributed by atoms with Crippen LogP contribution in [0.4, 0.5) is 18.9 Å². The number of carbonyl (C=O) groups is 2. The van der Waals surface area contributed by atoms with Gasteiger partial charge in [0, 0.05) is 35.4 Å². The molecule has 5 nitrogen and oxygen atoms in total. The zero-order chi connectivity index (χ0) is 23.7. The van der Waals surface area contributed by atoms with Crippen molar-refractivity contribution >= 4 is 47.6 Å². The molecule has 0 aliphatic rings. The van der Waals surface area contributed by atoms with E-state index in [1.165, 1.54) is 6.08 Å². The Morgan fingerprint density at radius 2 is 1.70 bits per heavy atom. The van der Waals surface area contributed by atoms with E-state index in [4.69, 9.17) is 11.6 Å². The Morgan fingerprint density at radius 3 is 2.27 bits per heavy atom. The summed E-state index contributed by atoms with van der Waals surface area (Å²) in [4.78, 5) is 26.5. The van der Waals surface area contributed by atoms with Gasteiger partial charge in [-0.15, -0.1) is 12.4 Å². The first kappa shape index (κ1) is 28.5. The smallest absolute Gasteiger partial charge is 0.351 e. The summed E-state index contributed by atoms with van der Waals surface area (Å²) in [6, 6.07) is 9.19. The summed E-state index contributed by atoms with van der Waals surface area (Å²) in [7, 11) is 0. The molecule has 0 bridgehead atoms. The number of alkyl halides is 3. The van der Waals surface area contributed by atoms with Gasteiger partial charge in [0.05, 0.1) is 5.56 Å². The topological polar surface area (TPSA) is 61.4 Å². The average Bonchev–Trinajstić information content (AvgIpc) is 2.75. The highest BCUT2D eigenvalue weighted by Gasteiger charge is 2.30. The second-order valence-electron chi connectivity index (χ2n) is 6.92. The molecule has 0 aromatic heterocycles. The number of likely N-dealkylation sites (N-methyl/N-ethyl adjacent to an activating group) is 1. The third kappa shape index (κ3) is 9.07. The molecule has 2 N–H and O–H groups in total. The highest BCUT2D eigenvalue weighted by molar-refractivity contribution is 6.32. The fraction of sp³-hybridized carbons (Fsp3) is 0.304. The maximum Gasteiger partial charge on any atom is 0.416 e. The van der Waals surface area contributed by atoms with Crippen LogP contribution >= 0.6 is 24.0 Å². The Hall–Kier alpha value is -2.55. The van der Waals surface area contributed by atoms with Crippen molar-refractivity contribution in [3.63, 3.8) is 0 Å². The highest BCUT2D eigenvalue weighted by atomic mass is 35.5. The van der Waals surface area contributed by atoms with Crippen molar-refractivity contribution < 1.29 is 22.8 Å². The Morgan fingerprint density at radius 1 is 1.06 bits per heavy atom. The molecule has 0 saturated heterocycles. The molecule has 0 aliphatic carbocycles. The molecule has 0 spiro atoms. The van der Waals surface area contributed by atoms with E-state index in [-0.39, 0.29) is 28.9 Å². The van der Waals surface area contributed by atoms with Crippen molar-refractivity contribution in [1.82, 2.24) is 10.2 Å². The van der Waals surface area contributed by atoms with Crippen molar-refractivity contribution in [3.8, 4) is 0 Å². The average molecular weight is 504 g/mol. The Labute approximate surface area is 202 Å². The van der Waals surface area contributed by atoms with Crippen LogP contribution in [-0.4, -0.2) is 42.9 Å². The maximum absolute atomic E-state index is 12.8. The molecule has 0 fully saturated rings. The van der Waals surface area contributed by atoms with Crippen LogP contribution < -0.4 is 10.6 Å². The number of hydrogen-bond donors (Lipinski definition) is 2. The molecule has 0 unspecified atom stereocenters. The molecule has 33 heavy (non-hydrogen) atoms. The van der Waals surface area contributed by atoms with Gasteiger partial charge in [0.1, 0.15) is 0 Å². The number of carbonyl (C=O) groups excluding carboxylic acids is 2. The second-order valence-corrected chi connectivity index (χ2v) is 7.32. The molecule has 2 amide bonds. The number of anilines is 1. The lowest BCUT2D eigenvalue weighted by atomic mass is 10.1. The molecule has 0 radical (unpaired) electrons. The Balaban J connectivity index is 0.00000544. The largest absolute Gasteiger partial charge is 0.416 e. The van der Waals surface area contributed by atoms with Gasteiger partial charge < -0.3 is 15.5 Å². The van der Waals surface area contributed by atoms with E-state index in [0.29, 0.717) is 17.8 Å². The molecule has 2 aromatic rings. The van der Waals surface area contributed by atoms with E-state index >= 15 is 0 Å². The monoisotopic (exact) mass is 503 g/mol. The Kier molecular flexibility index (Phi) is 11.4. The quantitative estimate of drug-likeness (QED) is 0.444. The fourth-order valence-corrected chi connectivity index (χ4v) is 3.05. The van der Waals surface area contributed by atoms with Gasteiger partial charge in [0.15, 0.2) is 0 Å². The van der Waals surface area contributed by atoms with Crippen molar-refractivity contribution in [3.05, 3.63) is 70.3 Å². The van der Waals surface area contributed by atoms with Crippen LogP contribution in [0.15, 0.2) is 48.5 Å². The van der Waals surface area contributed by atoms with Gasteiger partial charge in [-0.2, -0.15) is 13.2 Å². The van der Waals surface area contributed by atoms with E-state index in [2.05, 4.69) is 29.4 Å². The van der Waals surface area contributed by atoms with Crippen molar-refractivity contribution in [2.75, 3.05) is 31.5 Å². The van der Waals surface area contributed by atoms with E-state index in [0.717, 1.165) is 43.9 Å². The van der Waals surface area contributed by atoms with Gasteiger partial charge in [-0.25, -0.2) is 0 Å². The van der Waals surface area contributed by atoms with E-state index in [1.54, 1.807) is 24.3 Å². The molecule has 0 saturated carbocycles. The van der Waals surface area contributed by atoms with Crippen LogP contribution in [0.3, 0.4) is 0 Å². The van der Waals surface area contributed by atoms with E-state index in [1.807, 2.05) is 0 Å². The number of nitrogens with one attached hydrogen (secondary N) is 2. The summed E-state index contributed by atoms with van der Waals surface area (Å²) in [5.41, 5.74) is 0.115. The molecule has 0 heterocycles. The normalized spacial score (nSPS) is 11.4. The second kappa shape index (κ2) is 13.2. The molecule has 0 atom stereocenters. The maximum atomic E-state index is 12.8. The Bertz CT molecular complexity index is 960. The molecule has 180 valence electrons. The van der Waals surface area contributed by atoms with Crippen LogP contribution in [0.25, 0.3) is 6.08 Å². The summed E-state index contributed by atoms with van der Waals surface area (Å²) in [5.74, 6) is -0.760. The lowest BCUT2D eigenvalue weighted by Gasteiger charge is -2.17. The van der Waals surface area contributed by atoms with Crippen molar-refractivity contribution in [2.24, 2.45) is 0 Å². The van der Waals surface area contributed by atoms with E-state index < -0.39 is 17.6 Å². The third-order valence-electron chi connectivity index (χ3n) is 4.76. The lowest BCUT2D eigenvalue weighted by molar-refractivity contribution is -0.137. The summed E-state index contributed by atoms with van der Waals surface area (Å²) in [6.45, 7) is 7.23. The zero-order valence-corrected chi connectivity index (χ0v) is 19.8. The summed E-state index contributed by atoms with van der Waals surface area (Å²) in [6.07, 6.45) is -2.20. The number of nitrogens with zero attached hydrogens (tertiary/aromatic N) is 1. The summed E-state index contributed by atoms with van der Waals surface area (Å²) >= 11 is 5.92. The van der Waals surface area contributed by atoms with Gasteiger partial charge >= 0.3 is 6.18 Å². The van der Waals surface area contributed by atoms with Crippen LogP contribution in [0.1, 0.15) is 35.3 Å². The molecule has 2 rings (SSSR count). The number of hydrogen-bond acceptors (Lipinski definition) is 3. The van der Waals surface area contributed by atoms with Gasteiger partial charge in [-0.05, 0) is 67.2 Å². The van der Waals surface area contributed by atoms with Crippen LogP contribution in [0, 0.1) is 0 Å². The summed E-state index contributed by atoms with van der Waals surface area (Å²) in [5, 5.41) is 5.53. The van der Waals surface area contributed by atoms with Crippen molar-refractivity contribution in [2.45, 2.75) is 20.0 Å². The predicted molar refractivity (Wildman–Crippen MR) is 128 cm³/mol. The minimum absolute atomic E-state index is 0. The van der Waals surface area contributed by atoms with Crippen LogP contribution in [0.5, 0.6) is 0 Å².